The smallest absolute Gasteiger partial charge is 0.339 e. The van der Waals surface area contributed by atoms with Gasteiger partial charge in [0.2, 0.25) is 0 Å². The molecular formula is C11H10ClNO3. The SMILES string of the molecule is CCOC(=O)c1ccc(OC)c(C#N)c1Cl. The van der Waals surface area contributed by atoms with E-state index in [1.54, 1.807) is 6.92 Å². The van der Waals surface area contributed by atoms with E-state index in [9.17, 15) is 4.79 Å². The summed E-state index contributed by atoms with van der Waals surface area (Å²) < 4.78 is 9.76. The van der Waals surface area contributed by atoms with Crippen LogP contribution in [0.2, 0.25) is 5.02 Å². The molecule has 0 fully saturated rings. The lowest BCUT2D eigenvalue weighted by molar-refractivity contribution is 0.0526. The fourth-order valence-electron chi connectivity index (χ4n) is 1.20. The molecule has 0 amide bonds. The van der Waals surface area contributed by atoms with E-state index < -0.39 is 5.97 Å². The Bertz CT molecular complexity index is 451. The van der Waals surface area contributed by atoms with Gasteiger partial charge < -0.3 is 9.47 Å². The number of nitrogens with zero attached hydrogens (tertiary/aromatic N) is 1. The Morgan fingerprint density at radius 1 is 1.56 bits per heavy atom. The van der Waals surface area contributed by atoms with Gasteiger partial charge in [-0.1, -0.05) is 11.6 Å². The maximum absolute atomic E-state index is 11.5. The van der Waals surface area contributed by atoms with Gasteiger partial charge in [-0.2, -0.15) is 5.26 Å². The number of methoxy groups -OCH3 is 1. The Morgan fingerprint density at radius 2 is 2.25 bits per heavy atom. The van der Waals surface area contributed by atoms with Gasteiger partial charge in [0, 0.05) is 0 Å². The van der Waals surface area contributed by atoms with Crippen molar-refractivity contribution >= 4 is 17.6 Å². The van der Waals surface area contributed by atoms with Crippen LogP contribution in [0.25, 0.3) is 0 Å². The standard InChI is InChI=1S/C11H10ClNO3/c1-3-16-11(14)7-4-5-9(15-2)8(6-13)10(7)12/h4-5H,3H2,1-2H3. The Hall–Kier alpha value is -1.73. The molecular weight excluding hydrogens is 230 g/mol. The maximum Gasteiger partial charge on any atom is 0.339 e. The molecule has 0 heterocycles. The van der Waals surface area contributed by atoms with Crippen LogP contribution in [0.1, 0.15) is 22.8 Å². The first-order chi connectivity index (χ1) is 7.65. The summed E-state index contributed by atoms with van der Waals surface area (Å²) in [5, 5.41) is 8.96. The number of carbonyl (C=O) groups is 1. The number of halogens is 1. The summed E-state index contributed by atoms with van der Waals surface area (Å²) in [5.74, 6) is -0.216. The molecule has 0 bridgehead atoms. The second kappa shape index (κ2) is 5.38. The molecule has 4 nitrogen and oxygen atoms in total. The summed E-state index contributed by atoms with van der Waals surface area (Å²) in [4.78, 5) is 11.5. The zero-order chi connectivity index (χ0) is 12.1. The summed E-state index contributed by atoms with van der Waals surface area (Å²) in [5.41, 5.74) is 0.301. The van der Waals surface area contributed by atoms with E-state index in [-0.39, 0.29) is 22.8 Å². The van der Waals surface area contributed by atoms with Crippen LogP contribution >= 0.6 is 11.6 Å². The number of esters is 1. The summed E-state index contributed by atoms with van der Waals surface area (Å²) in [6.45, 7) is 1.95. The van der Waals surface area contributed by atoms with E-state index in [1.165, 1.54) is 19.2 Å². The Balaban J connectivity index is 3.25. The van der Waals surface area contributed by atoms with E-state index >= 15 is 0 Å². The van der Waals surface area contributed by atoms with Crippen molar-refractivity contribution < 1.29 is 14.3 Å². The summed E-state index contributed by atoms with van der Waals surface area (Å²) in [7, 11) is 1.43. The highest BCUT2D eigenvalue weighted by atomic mass is 35.5. The molecule has 0 unspecified atom stereocenters. The minimum absolute atomic E-state index is 0.0558. The van der Waals surface area contributed by atoms with Crippen LogP contribution in [0.4, 0.5) is 0 Å². The highest BCUT2D eigenvalue weighted by molar-refractivity contribution is 6.35. The number of ether oxygens (including phenoxy) is 2. The topological polar surface area (TPSA) is 59.3 Å². The molecule has 0 atom stereocenters. The lowest BCUT2D eigenvalue weighted by Crippen LogP contribution is -2.06. The van der Waals surface area contributed by atoms with E-state index in [4.69, 9.17) is 26.3 Å². The van der Waals surface area contributed by atoms with Crippen LogP contribution in [0.5, 0.6) is 5.75 Å². The molecule has 0 saturated carbocycles. The molecule has 0 spiro atoms. The molecule has 0 aliphatic rings. The monoisotopic (exact) mass is 239 g/mol. The highest BCUT2D eigenvalue weighted by Gasteiger charge is 2.17. The Morgan fingerprint density at radius 3 is 2.75 bits per heavy atom. The molecule has 0 N–H and O–H groups in total. The third-order valence-electron chi connectivity index (χ3n) is 1.93. The van der Waals surface area contributed by atoms with Gasteiger partial charge in [-0.3, -0.25) is 0 Å². The number of benzene rings is 1. The van der Waals surface area contributed by atoms with Crippen molar-refractivity contribution in [2.45, 2.75) is 6.92 Å². The minimum Gasteiger partial charge on any atom is -0.495 e. The van der Waals surface area contributed by atoms with Gasteiger partial charge in [0.25, 0.3) is 0 Å². The first-order valence-electron chi connectivity index (χ1n) is 4.59. The van der Waals surface area contributed by atoms with Gasteiger partial charge in [0.15, 0.2) is 0 Å². The molecule has 0 aromatic heterocycles. The minimum atomic E-state index is -0.549. The number of carbonyl (C=O) groups excluding carboxylic acids is 1. The van der Waals surface area contributed by atoms with Gasteiger partial charge in [-0.25, -0.2) is 4.79 Å². The third kappa shape index (κ3) is 2.26. The van der Waals surface area contributed by atoms with Crippen molar-refractivity contribution in [2.75, 3.05) is 13.7 Å². The molecule has 0 aliphatic carbocycles. The van der Waals surface area contributed by atoms with Crippen LogP contribution in [0.15, 0.2) is 12.1 Å². The quantitative estimate of drug-likeness (QED) is 0.760. The van der Waals surface area contributed by atoms with Gasteiger partial charge in [-0.05, 0) is 19.1 Å². The Kier molecular flexibility index (Phi) is 4.15. The maximum atomic E-state index is 11.5. The highest BCUT2D eigenvalue weighted by Crippen LogP contribution is 2.29. The predicted molar refractivity (Wildman–Crippen MR) is 58.7 cm³/mol. The number of nitriles is 1. The average molecular weight is 240 g/mol. The largest absolute Gasteiger partial charge is 0.495 e. The number of hydrogen-bond acceptors (Lipinski definition) is 4. The number of hydrogen-bond donors (Lipinski definition) is 0. The summed E-state index contributed by atoms with van der Waals surface area (Å²) in [6, 6.07) is 4.87. The molecule has 0 radical (unpaired) electrons. The number of rotatable bonds is 3. The first-order valence-corrected chi connectivity index (χ1v) is 4.97. The van der Waals surface area contributed by atoms with E-state index in [1.807, 2.05) is 6.07 Å². The van der Waals surface area contributed by atoms with Crippen LogP contribution < -0.4 is 4.74 Å². The fourth-order valence-corrected chi connectivity index (χ4v) is 1.47. The predicted octanol–water partition coefficient (Wildman–Crippen LogP) is 2.40. The zero-order valence-electron chi connectivity index (χ0n) is 8.91. The second-order valence-electron chi connectivity index (χ2n) is 2.84. The fraction of sp³-hybridized carbons (Fsp3) is 0.273. The average Bonchev–Trinajstić information content (AvgIpc) is 2.28. The van der Waals surface area contributed by atoms with Crippen molar-refractivity contribution in [3.8, 4) is 11.8 Å². The van der Waals surface area contributed by atoms with Gasteiger partial charge in [0.05, 0.1) is 24.3 Å². The van der Waals surface area contributed by atoms with Gasteiger partial charge >= 0.3 is 5.97 Å². The second-order valence-corrected chi connectivity index (χ2v) is 3.21. The molecule has 16 heavy (non-hydrogen) atoms. The van der Waals surface area contributed by atoms with E-state index in [0.717, 1.165) is 0 Å². The van der Waals surface area contributed by atoms with Crippen LogP contribution in [0.3, 0.4) is 0 Å². The van der Waals surface area contributed by atoms with Gasteiger partial charge in [-0.15, -0.1) is 0 Å². The van der Waals surface area contributed by atoms with E-state index in [0.29, 0.717) is 5.75 Å². The molecule has 1 aromatic carbocycles. The summed E-state index contributed by atoms with van der Waals surface area (Å²) in [6.07, 6.45) is 0. The molecule has 0 saturated heterocycles. The molecule has 1 rings (SSSR count). The molecule has 1 aromatic rings. The van der Waals surface area contributed by atoms with Gasteiger partial charge in [0.1, 0.15) is 17.4 Å². The van der Waals surface area contributed by atoms with Crippen molar-refractivity contribution in [2.24, 2.45) is 0 Å². The first kappa shape index (κ1) is 12.3. The zero-order valence-corrected chi connectivity index (χ0v) is 9.67. The lowest BCUT2D eigenvalue weighted by atomic mass is 10.1. The molecule has 84 valence electrons. The van der Waals surface area contributed by atoms with Crippen molar-refractivity contribution in [1.29, 1.82) is 5.26 Å². The van der Waals surface area contributed by atoms with Crippen LogP contribution in [-0.2, 0) is 4.74 Å². The molecule has 0 aliphatic heterocycles. The van der Waals surface area contributed by atoms with Crippen molar-refractivity contribution in [3.63, 3.8) is 0 Å². The van der Waals surface area contributed by atoms with E-state index in [2.05, 4.69) is 0 Å². The third-order valence-corrected chi connectivity index (χ3v) is 2.32. The van der Waals surface area contributed by atoms with Crippen LogP contribution in [-0.4, -0.2) is 19.7 Å². The van der Waals surface area contributed by atoms with Crippen molar-refractivity contribution in [3.05, 3.63) is 28.3 Å². The summed E-state index contributed by atoms with van der Waals surface area (Å²) >= 11 is 5.92. The molecule has 5 heteroatoms. The van der Waals surface area contributed by atoms with Crippen molar-refractivity contribution in [1.82, 2.24) is 0 Å². The Labute approximate surface area is 98.3 Å². The lowest BCUT2D eigenvalue weighted by Gasteiger charge is -2.08. The van der Waals surface area contributed by atoms with Crippen LogP contribution in [0, 0.1) is 11.3 Å². The normalized spacial score (nSPS) is 9.38.